The van der Waals surface area contributed by atoms with E-state index in [0.29, 0.717) is 0 Å². The van der Waals surface area contributed by atoms with Gasteiger partial charge in [-0.1, -0.05) is 24.3 Å². The molecule has 7 nitrogen and oxygen atoms in total. The van der Waals surface area contributed by atoms with Gasteiger partial charge in [0.25, 0.3) is 0 Å². The summed E-state index contributed by atoms with van der Waals surface area (Å²) in [5, 5.41) is 1.25. The van der Waals surface area contributed by atoms with Crippen LogP contribution in [-0.4, -0.2) is 37.6 Å². The van der Waals surface area contributed by atoms with Crippen molar-refractivity contribution in [3.05, 3.63) is 83.8 Å². The highest BCUT2D eigenvalue weighted by atomic mass is 16.1. The molecule has 2 aromatic carbocycles. The van der Waals surface area contributed by atoms with Gasteiger partial charge in [-0.05, 0) is 48.1 Å². The third-order valence-electron chi connectivity index (χ3n) is 5.80. The molecule has 0 radical (unpaired) electrons. The fraction of sp³-hybridized carbons (Fsp3) is 0.200. The molecule has 0 saturated carbocycles. The molecule has 1 saturated heterocycles. The van der Waals surface area contributed by atoms with E-state index in [-0.39, 0.29) is 5.69 Å². The monoisotopic (exact) mass is 424 g/mol. The maximum Gasteiger partial charge on any atom is 0.346 e. The van der Waals surface area contributed by atoms with Crippen LogP contribution in [0.15, 0.2) is 78.1 Å². The molecule has 0 spiro atoms. The highest BCUT2D eigenvalue weighted by molar-refractivity contribution is 5.94. The molecular formula is C25H24N6O. The van der Waals surface area contributed by atoms with Crippen LogP contribution in [0.25, 0.3) is 33.1 Å². The summed E-state index contributed by atoms with van der Waals surface area (Å²) in [4.78, 5) is 28.2. The zero-order chi connectivity index (χ0) is 21.9. The lowest BCUT2D eigenvalue weighted by atomic mass is 10.0. The number of nitrogens with one attached hydrogen (secondary N) is 1. The summed E-state index contributed by atoms with van der Waals surface area (Å²) in [5.41, 5.74) is 5.13. The van der Waals surface area contributed by atoms with E-state index >= 15 is 0 Å². The molecule has 0 atom stereocenters. The van der Waals surface area contributed by atoms with E-state index in [9.17, 15) is 4.79 Å². The lowest BCUT2D eigenvalue weighted by molar-refractivity contribution is 0.912. The van der Waals surface area contributed by atoms with Gasteiger partial charge in [0, 0.05) is 56.0 Å². The predicted octanol–water partition coefficient (Wildman–Crippen LogP) is 4.16. The number of nitrogens with zero attached hydrogens (tertiary/aromatic N) is 5. The SMILES string of the molecule is Cn1ccc2ccc(-c3cccc4nccnc34)cc21.O=c1nccc(N2CCCC2)[nH]1. The van der Waals surface area contributed by atoms with Crippen molar-refractivity contribution in [2.75, 3.05) is 18.0 Å². The van der Waals surface area contributed by atoms with Crippen molar-refractivity contribution >= 4 is 27.8 Å². The van der Waals surface area contributed by atoms with Gasteiger partial charge in [-0.15, -0.1) is 0 Å². The molecule has 5 aromatic rings. The lowest BCUT2D eigenvalue weighted by Crippen LogP contribution is -2.22. The lowest BCUT2D eigenvalue weighted by Gasteiger charge is -2.15. The fourth-order valence-electron chi connectivity index (χ4n) is 4.16. The van der Waals surface area contributed by atoms with Crippen LogP contribution < -0.4 is 10.6 Å². The number of rotatable bonds is 2. The van der Waals surface area contributed by atoms with Crippen molar-refractivity contribution in [1.82, 2.24) is 24.5 Å². The number of aromatic nitrogens is 5. The molecule has 160 valence electrons. The number of H-pyrrole nitrogens is 1. The number of fused-ring (bicyclic) bond motifs is 2. The van der Waals surface area contributed by atoms with Crippen molar-refractivity contribution in [3.63, 3.8) is 0 Å². The van der Waals surface area contributed by atoms with E-state index < -0.39 is 0 Å². The summed E-state index contributed by atoms with van der Waals surface area (Å²) in [7, 11) is 2.06. The van der Waals surface area contributed by atoms with E-state index in [1.54, 1.807) is 18.6 Å². The number of benzene rings is 2. The highest BCUT2D eigenvalue weighted by Gasteiger charge is 2.12. The smallest absolute Gasteiger partial charge is 0.346 e. The van der Waals surface area contributed by atoms with Gasteiger partial charge in [-0.2, -0.15) is 0 Å². The predicted molar refractivity (Wildman–Crippen MR) is 128 cm³/mol. The van der Waals surface area contributed by atoms with E-state index in [4.69, 9.17) is 0 Å². The summed E-state index contributed by atoms with van der Waals surface area (Å²) in [6.07, 6.45) is 9.53. The van der Waals surface area contributed by atoms with E-state index in [1.165, 1.54) is 29.3 Å². The van der Waals surface area contributed by atoms with Gasteiger partial charge in [-0.3, -0.25) is 15.0 Å². The second-order valence-corrected chi connectivity index (χ2v) is 7.88. The number of hydrogen-bond acceptors (Lipinski definition) is 5. The second-order valence-electron chi connectivity index (χ2n) is 7.88. The van der Waals surface area contributed by atoms with Crippen LogP contribution in [-0.2, 0) is 7.05 Å². The molecule has 0 bridgehead atoms. The maximum absolute atomic E-state index is 10.9. The van der Waals surface area contributed by atoms with Crippen LogP contribution in [0.5, 0.6) is 0 Å². The van der Waals surface area contributed by atoms with Crippen LogP contribution in [0.4, 0.5) is 5.82 Å². The summed E-state index contributed by atoms with van der Waals surface area (Å²) in [6.45, 7) is 2.08. The first-order valence-electron chi connectivity index (χ1n) is 10.7. The third-order valence-corrected chi connectivity index (χ3v) is 5.80. The molecule has 1 aliphatic heterocycles. The van der Waals surface area contributed by atoms with Gasteiger partial charge in [0.05, 0.1) is 11.0 Å². The molecule has 7 heteroatoms. The Bertz CT molecular complexity index is 1430. The molecule has 1 fully saturated rings. The van der Waals surface area contributed by atoms with Crippen LogP contribution >= 0.6 is 0 Å². The van der Waals surface area contributed by atoms with Crippen LogP contribution in [0.1, 0.15) is 12.8 Å². The number of para-hydroxylation sites is 1. The van der Waals surface area contributed by atoms with Crippen molar-refractivity contribution in [2.45, 2.75) is 12.8 Å². The Hall–Kier alpha value is -4.00. The fourth-order valence-corrected chi connectivity index (χ4v) is 4.16. The number of anilines is 1. The average molecular weight is 425 g/mol. The molecule has 1 N–H and O–H groups in total. The minimum Gasteiger partial charge on any atom is -0.358 e. The second kappa shape index (κ2) is 8.63. The largest absolute Gasteiger partial charge is 0.358 e. The third kappa shape index (κ3) is 3.97. The van der Waals surface area contributed by atoms with Crippen LogP contribution in [0, 0.1) is 0 Å². The zero-order valence-corrected chi connectivity index (χ0v) is 17.9. The summed E-state index contributed by atoms with van der Waals surface area (Å²) in [6, 6.07) is 16.6. The quantitative estimate of drug-likeness (QED) is 0.460. The van der Waals surface area contributed by atoms with E-state index in [2.05, 4.69) is 73.0 Å². The van der Waals surface area contributed by atoms with Crippen molar-refractivity contribution in [1.29, 1.82) is 0 Å². The first kappa shape index (κ1) is 19.9. The molecule has 0 amide bonds. The summed E-state index contributed by atoms with van der Waals surface area (Å²) >= 11 is 0. The van der Waals surface area contributed by atoms with Crippen LogP contribution in [0.2, 0.25) is 0 Å². The Morgan fingerprint density at radius 1 is 0.906 bits per heavy atom. The van der Waals surface area contributed by atoms with Gasteiger partial charge < -0.3 is 9.47 Å². The number of aromatic amines is 1. The van der Waals surface area contributed by atoms with Gasteiger partial charge in [-0.25, -0.2) is 9.78 Å². The normalized spacial score (nSPS) is 13.3. The first-order valence-corrected chi connectivity index (χ1v) is 10.7. The van der Waals surface area contributed by atoms with Crippen molar-refractivity contribution in [2.24, 2.45) is 7.05 Å². The van der Waals surface area contributed by atoms with Gasteiger partial charge in [0.15, 0.2) is 0 Å². The molecule has 32 heavy (non-hydrogen) atoms. The minimum atomic E-state index is -0.264. The number of aryl methyl sites for hydroxylation is 1. The minimum absolute atomic E-state index is 0.264. The highest BCUT2D eigenvalue weighted by Crippen LogP contribution is 2.29. The molecule has 0 aliphatic carbocycles. The Morgan fingerprint density at radius 2 is 1.75 bits per heavy atom. The molecular weight excluding hydrogens is 400 g/mol. The average Bonchev–Trinajstić information content (AvgIpc) is 3.50. The van der Waals surface area contributed by atoms with Crippen molar-refractivity contribution < 1.29 is 0 Å². The molecule has 3 aromatic heterocycles. The first-order chi connectivity index (χ1) is 15.7. The van der Waals surface area contributed by atoms with Crippen LogP contribution in [0.3, 0.4) is 0 Å². The number of hydrogen-bond donors (Lipinski definition) is 1. The topological polar surface area (TPSA) is 79.7 Å². The Labute approximate surface area is 185 Å². The molecule has 0 unspecified atom stereocenters. The van der Waals surface area contributed by atoms with E-state index in [0.717, 1.165) is 35.5 Å². The zero-order valence-electron chi connectivity index (χ0n) is 17.9. The van der Waals surface area contributed by atoms with Gasteiger partial charge in [0.1, 0.15) is 5.82 Å². The Balaban J connectivity index is 0.000000154. The summed E-state index contributed by atoms with van der Waals surface area (Å²) in [5.74, 6) is 0.896. The van der Waals surface area contributed by atoms with Gasteiger partial charge >= 0.3 is 5.69 Å². The molecule has 4 heterocycles. The standard InChI is InChI=1S/C17H13N3.C8H11N3O/c1-20-10-7-12-5-6-13(11-16(12)20)14-3-2-4-15-17(14)19-9-8-18-15;12-8-9-4-3-7(10-8)11-5-1-2-6-11/h2-11H,1H3;3-4H,1-2,5-6H2,(H,9,10,12). The Kier molecular flexibility index (Phi) is 5.37. The summed E-state index contributed by atoms with van der Waals surface area (Å²) < 4.78 is 2.13. The molecule has 1 aliphatic rings. The molecule has 6 rings (SSSR count). The van der Waals surface area contributed by atoms with Crippen molar-refractivity contribution in [3.8, 4) is 11.1 Å². The maximum atomic E-state index is 10.9. The van der Waals surface area contributed by atoms with Gasteiger partial charge in [0.2, 0.25) is 0 Å². The Morgan fingerprint density at radius 3 is 2.59 bits per heavy atom. The van der Waals surface area contributed by atoms with E-state index in [1.807, 2.05) is 18.2 Å².